The predicted octanol–water partition coefficient (Wildman–Crippen LogP) is 4.38. The lowest BCUT2D eigenvalue weighted by molar-refractivity contribution is 1.40. The maximum Gasteiger partial charge on any atom is 0.0708 e. The van der Waals surface area contributed by atoms with E-state index < -0.39 is 0 Å². The van der Waals surface area contributed by atoms with Gasteiger partial charge in [0.15, 0.2) is 0 Å². The van der Waals surface area contributed by atoms with Gasteiger partial charge in [-0.05, 0) is 24.3 Å². The molecule has 0 aliphatic heterocycles. The molecule has 0 saturated heterocycles. The van der Waals surface area contributed by atoms with Crippen LogP contribution < -0.4 is 0 Å². The quantitative estimate of drug-likeness (QED) is 0.528. The van der Waals surface area contributed by atoms with Gasteiger partial charge < -0.3 is 4.98 Å². The van der Waals surface area contributed by atoms with Gasteiger partial charge in [0.25, 0.3) is 0 Å². The second-order valence-electron chi connectivity index (χ2n) is 4.65. The lowest BCUT2D eigenvalue weighted by atomic mass is 10.1. The first-order valence-corrected chi connectivity index (χ1v) is 6.34. The van der Waals surface area contributed by atoms with Gasteiger partial charge in [0.1, 0.15) is 0 Å². The van der Waals surface area contributed by atoms with Crippen molar-refractivity contribution < 1.29 is 0 Å². The molecule has 0 radical (unpaired) electrons. The van der Waals surface area contributed by atoms with Gasteiger partial charge >= 0.3 is 0 Å². The van der Waals surface area contributed by atoms with Crippen LogP contribution in [0.3, 0.4) is 0 Å². The third kappa shape index (κ3) is 1.61. The summed E-state index contributed by atoms with van der Waals surface area (Å²) in [5.74, 6) is 0. The lowest BCUT2D eigenvalue weighted by Crippen LogP contribution is -1.82. The van der Waals surface area contributed by atoms with E-state index in [9.17, 15) is 0 Å². The summed E-state index contributed by atoms with van der Waals surface area (Å²) in [6, 6.07) is 20.8. The molecule has 2 heteroatoms. The molecule has 0 aliphatic carbocycles. The number of H-pyrrole nitrogens is 1. The first-order valence-electron chi connectivity index (χ1n) is 6.34. The molecule has 0 saturated carbocycles. The third-order valence-corrected chi connectivity index (χ3v) is 3.47. The highest BCUT2D eigenvalue weighted by molar-refractivity contribution is 5.96. The van der Waals surface area contributed by atoms with Crippen LogP contribution in [-0.2, 0) is 0 Å². The fourth-order valence-electron chi connectivity index (χ4n) is 2.56. The summed E-state index contributed by atoms with van der Waals surface area (Å²) in [6.45, 7) is 0. The SMILES string of the molecule is c1ccc2[nH]c(-c3cccc4ncccc34)cc2c1. The number of pyridine rings is 1. The van der Waals surface area contributed by atoms with Crippen LogP contribution >= 0.6 is 0 Å². The highest BCUT2D eigenvalue weighted by atomic mass is 14.7. The van der Waals surface area contributed by atoms with Crippen LogP contribution in [0.4, 0.5) is 0 Å². The Morgan fingerprint density at radius 3 is 2.74 bits per heavy atom. The van der Waals surface area contributed by atoms with Crippen molar-refractivity contribution in [2.45, 2.75) is 0 Å². The summed E-state index contributed by atoms with van der Waals surface area (Å²) in [7, 11) is 0. The van der Waals surface area contributed by atoms with Crippen LogP contribution in [0.25, 0.3) is 33.1 Å². The molecule has 2 aromatic carbocycles. The number of fused-ring (bicyclic) bond motifs is 2. The Kier molecular flexibility index (Phi) is 2.15. The molecule has 0 bridgehead atoms. The zero-order valence-electron chi connectivity index (χ0n) is 10.3. The number of nitrogens with zero attached hydrogens (tertiary/aromatic N) is 1. The fourth-order valence-corrected chi connectivity index (χ4v) is 2.56. The van der Waals surface area contributed by atoms with E-state index in [2.05, 4.69) is 52.4 Å². The highest BCUT2D eigenvalue weighted by Gasteiger charge is 2.06. The van der Waals surface area contributed by atoms with E-state index >= 15 is 0 Å². The highest BCUT2D eigenvalue weighted by Crippen LogP contribution is 2.29. The van der Waals surface area contributed by atoms with E-state index in [1.54, 1.807) is 0 Å². The maximum absolute atomic E-state index is 4.41. The third-order valence-electron chi connectivity index (χ3n) is 3.47. The second-order valence-corrected chi connectivity index (χ2v) is 4.65. The largest absolute Gasteiger partial charge is 0.355 e. The monoisotopic (exact) mass is 244 g/mol. The molecule has 0 amide bonds. The minimum absolute atomic E-state index is 1.03. The van der Waals surface area contributed by atoms with Crippen LogP contribution in [0, 0.1) is 0 Å². The number of hydrogen-bond acceptors (Lipinski definition) is 1. The van der Waals surface area contributed by atoms with Crippen molar-refractivity contribution in [3.8, 4) is 11.3 Å². The van der Waals surface area contributed by atoms with Gasteiger partial charge in [-0.15, -0.1) is 0 Å². The van der Waals surface area contributed by atoms with Gasteiger partial charge in [0.05, 0.1) is 5.52 Å². The van der Waals surface area contributed by atoms with Crippen molar-refractivity contribution in [3.63, 3.8) is 0 Å². The van der Waals surface area contributed by atoms with Gasteiger partial charge in [-0.2, -0.15) is 0 Å². The van der Waals surface area contributed by atoms with E-state index in [4.69, 9.17) is 0 Å². The molecular formula is C17H12N2. The van der Waals surface area contributed by atoms with Crippen molar-refractivity contribution >= 4 is 21.8 Å². The number of rotatable bonds is 1. The van der Waals surface area contributed by atoms with E-state index in [0.29, 0.717) is 0 Å². The number of benzene rings is 2. The molecule has 2 nitrogen and oxygen atoms in total. The average Bonchev–Trinajstić information content (AvgIpc) is 2.90. The van der Waals surface area contributed by atoms with E-state index in [0.717, 1.165) is 11.2 Å². The predicted molar refractivity (Wildman–Crippen MR) is 79.0 cm³/mol. The molecular weight excluding hydrogens is 232 g/mol. The molecule has 2 aromatic heterocycles. The molecule has 0 atom stereocenters. The van der Waals surface area contributed by atoms with Crippen LogP contribution in [0.1, 0.15) is 0 Å². The minimum atomic E-state index is 1.03. The Morgan fingerprint density at radius 1 is 0.842 bits per heavy atom. The molecule has 0 unspecified atom stereocenters. The van der Waals surface area contributed by atoms with Crippen molar-refractivity contribution in [2.24, 2.45) is 0 Å². The van der Waals surface area contributed by atoms with Crippen molar-refractivity contribution in [3.05, 3.63) is 66.9 Å². The summed E-state index contributed by atoms with van der Waals surface area (Å²) in [5, 5.41) is 2.41. The molecule has 19 heavy (non-hydrogen) atoms. The Morgan fingerprint density at radius 2 is 1.79 bits per heavy atom. The van der Waals surface area contributed by atoms with Gasteiger partial charge in [-0.3, -0.25) is 4.98 Å². The smallest absolute Gasteiger partial charge is 0.0708 e. The first kappa shape index (κ1) is 10.3. The summed E-state index contributed by atoms with van der Waals surface area (Å²) in [5.41, 5.74) is 4.53. The number of aromatic nitrogens is 2. The summed E-state index contributed by atoms with van der Waals surface area (Å²) in [6.07, 6.45) is 1.83. The van der Waals surface area contributed by atoms with Crippen molar-refractivity contribution in [1.29, 1.82) is 0 Å². The molecule has 0 fully saturated rings. The zero-order valence-corrected chi connectivity index (χ0v) is 10.3. The van der Waals surface area contributed by atoms with Crippen LogP contribution in [0.2, 0.25) is 0 Å². The lowest BCUT2D eigenvalue weighted by Gasteiger charge is -2.03. The normalized spacial score (nSPS) is 11.2. The topological polar surface area (TPSA) is 28.7 Å². The standard InChI is InChI=1S/C17H12N2/c1-2-8-15-12(5-1)11-17(19-15)14-6-3-9-16-13(14)7-4-10-18-16/h1-11,19H. The molecule has 4 aromatic rings. The minimum Gasteiger partial charge on any atom is -0.355 e. The molecule has 90 valence electrons. The zero-order chi connectivity index (χ0) is 12.7. The molecule has 4 rings (SSSR count). The molecule has 0 aliphatic rings. The number of nitrogens with one attached hydrogen (secondary N) is 1. The van der Waals surface area contributed by atoms with Gasteiger partial charge in [0, 0.05) is 33.7 Å². The summed E-state index contributed by atoms with van der Waals surface area (Å²) >= 11 is 0. The Bertz CT molecular complexity index is 836. The summed E-state index contributed by atoms with van der Waals surface area (Å²) < 4.78 is 0. The van der Waals surface area contributed by atoms with Crippen molar-refractivity contribution in [2.75, 3.05) is 0 Å². The van der Waals surface area contributed by atoms with E-state index in [-0.39, 0.29) is 0 Å². The number of hydrogen-bond donors (Lipinski definition) is 1. The Hall–Kier alpha value is -2.61. The molecule has 2 heterocycles. The Balaban J connectivity index is 2.03. The molecule has 1 N–H and O–H groups in total. The van der Waals surface area contributed by atoms with Crippen molar-refractivity contribution in [1.82, 2.24) is 9.97 Å². The first-order chi connectivity index (χ1) is 9.42. The van der Waals surface area contributed by atoms with Gasteiger partial charge in [-0.25, -0.2) is 0 Å². The second kappa shape index (κ2) is 3.95. The van der Waals surface area contributed by atoms with E-state index in [1.165, 1.54) is 21.9 Å². The molecule has 0 spiro atoms. The van der Waals surface area contributed by atoms with Gasteiger partial charge in [-0.1, -0.05) is 36.4 Å². The van der Waals surface area contributed by atoms with Crippen LogP contribution in [0.15, 0.2) is 66.9 Å². The van der Waals surface area contributed by atoms with Gasteiger partial charge in [0.2, 0.25) is 0 Å². The number of aromatic amines is 1. The summed E-state index contributed by atoms with van der Waals surface area (Å²) in [4.78, 5) is 7.88. The average molecular weight is 244 g/mol. The van der Waals surface area contributed by atoms with E-state index in [1.807, 2.05) is 24.4 Å². The fraction of sp³-hybridized carbons (Fsp3) is 0. The maximum atomic E-state index is 4.41. The van der Waals surface area contributed by atoms with Crippen LogP contribution in [-0.4, -0.2) is 9.97 Å². The Labute approximate surface area is 110 Å². The van der Waals surface area contributed by atoms with Crippen LogP contribution in [0.5, 0.6) is 0 Å². The number of para-hydroxylation sites is 1.